The SMILES string of the molecule is CCc1ncc(C(=O)N(C)Cc2cc(C(=O)OC)c(C)o2)c(=O)[nH]1. The largest absolute Gasteiger partial charge is 0.465 e. The van der Waals surface area contributed by atoms with Gasteiger partial charge in [0.15, 0.2) is 0 Å². The molecule has 0 saturated heterocycles. The lowest BCUT2D eigenvalue weighted by molar-refractivity contribution is 0.0598. The lowest BCUT2D eigenvalue weighted by atomic mass is 10.2. The number of ether oxygens (including phenoxy) is 1. The number of aromatic amines is 1. The van der Waals surface area contributed by atoms with Gasteiger partial charge in [0.1, 0.15) is 28.5 Å². The molecule has 0 fully saturated rings. The minimum absolute atomic E-state index is 0.0498. The molecule has 0 aliphatic carbocycles. The van der Waals surface area contributed by atoms with E-state index in [0.717, 1.165) is 0 Å². The number of rotatable bonds is 5. The molecule has 2 rings (SSSR count). The molecule has 0 aliphatic heterocycles. The van der Waals surface area contributed by atoms with Crippen LogP contribution in [0.2, 0.25) is 0 Å². The zero-order chi connectivity index (χ0) is 17.9. The smallest absolute Gasteiger partial charge is 0.341 e. The van der Waals surface area contributed by atoms with Crippen molar-refractivity contribution >= 4 is 11.9 Å². The third-order valence-corrected chi connectivity index (χ3v) is 3.53. The standard InChI is InChI=1S/C16H19N3O5/c1-5-13-17-7-12(14(20)18-13)15(21)19(3)8-10-6-11(9(2)24-10)16(22)23-4/h6-7H,5,8H2,1-4H3,(H,17,18,20). The number of amides is 1. The summed E-state index contributed by atoms with van der Waals surface area (Å²) >= 11 is 0. The molecule has 0 spiro atoms. The highest BCUT2D eigenvalue weighted by atomic mass is 16.5. The number of nitrogens with zero attached hydrogens (tertiary/aromatic N) is 2. The highest BCUT2D eigenvalue weighted by molar-refractivity contribution is 5.93. The van der Waals surface area contributed by atoms with Crippen LogP contribution in [0.3, 0.4) is 0 Å². The molecule has 0 radical (unpaired) electrons. The number of nitrogens with one attached hydrogen (secondary N) is 1. The molecule has 0 aliphatic rings. The van der Waals surface area contributed by atoms with E-state index in [-0.39, 0.29) is 12.1 Å². The van der Waals surface area contributed by atoms with E-state index in [4.69, 9.17) is 4.42 Å². The van der Waals surface area contributed by atoms with Gasteiger partial charge in [-0.05, 0) is 13.0 Å². The third-order valence-electron chi connectivity index (χ3n) is 3.53. The lowest BCUT2D eigenvalue weighted by Crippen LogP contribution is -2.32. The zero-order valence-electron chi connectivity index (χ0n) is 14.0. The normalized spacial score (nSPS) is 10.5. The molecular weight excluding hydrogens is 314 g/mol. The molecule has 24 heavy (non-hydrogen) atoms. The molecule has 2 aromatic heterocycles. The predicted molar refractivity (Wildman–Crippen MR) is 84.8 cm³/mol. The van der Waals surface area contributed by atoms with E-state index in [1.54, 1.807) is 6.92 Å². The van der Waals surface area contributed by atoms with Crippen LogP contribution in [-0.2, 0) is 17.7 Å². The molecule has 0 atom stereocenters. The minimum atomic E-state index is -0.507. The van der Waals surface area contributed by atoms with Gasteiger partial charge in [0.2, 0.25) is 0 Å². The molecule has 0 unspecified atom stereocenters. The lowest BCUT2D eigenvalue weighted by Gasteiger charge is -2.15. The number of methoxy groups -OCH3 is 1. The molecule has 0 aromatic carbocycles. The first-order chi connectivity index (χ1) is 11.4. The molecule has 128 valence electrons. The molecule has 1 amide bonds. The first kappa shape index (κ1) is 17.5. The van der Waals surface area contributed by atoms with Crippen molar-refractivity contribution in [3.8, 4) is 0 Å². The van der Waals surface area contributed by atoms with E-state index >= 15 is 0 Å². The fourth-order valence-electron chi connectivity index (χ4n) is 2.21. The molecule has 1 N–H and O–H groups in total. The van der Waals surface area contributed by atoms with Gasteiger partial charge in [0, 0.05) is 19.7 Å². The third kappa shape index (κ3) is 3.53. The zero-order valence-corrected chi connectivity index (χ0v) is 14.0. The highest BCUT2D eigenvalue weighted by Gasteiger charge is 2.20. The number of furan rings is 1. The van der Waals surface area contributed by atoms with Gasteiger partial charge in [-0.15, -0.1) is 0 Å². The fraction of sp³-hybridized carbons (Fsp3) is 0.375. The Morgan fingerprint density at radius 2 is 2.08 bits per heavy atom. The molecule has 0 saturated carbocycles. The Morgan fingerprint density at radius 1 is 1.38 bits per heavy atom. The van der Waals surface area contributed by atoms with Crippen molar-refractivity contribution in [1.29, 1.82) is 0 Å². The van der Waals surface area contributed by atoms with Crippen LogP contribution in [0.4, 0.5) is 0 Å². The summed E-state index contributed by atoms with van der Waals surface area (Å²) < 4.78 is 10.1. The number of carbonyl (C=O) groups is 2. The van der Waals surface area contributed by atoms with Crippen LogP contribution in [0.5, 0.6) is 0 Å². The van der Waals surface area contributed by atoms with Crippen LogP contribution >= 0.6 is 0 Å². The quantitative estimate of drug-likeness (QED) is 0.827. The minimum Gasteiger partial charge on any atom is -0.465 e. The Kier molecular flexibility index (Phi) is 5.18. The first-order valence-electron chi connectivity index (χ1n) is 7.38. The topological polar surface area (TPSA) is 106 Å². The summed E-state index contributed by atoms with van der Waals surface area (Å²) in [6, 6.07) is 1.52. The van der Waals surface area contributed by atoms with Crippen molar-refractivity contribution in [2.75, 3.05) is 14.2 Å². The maximum atomic E-state index is 12.4. The highest BCUT2D eigenvalue weighted by Crippen LogP contribution is 2.17. The van der Waals surface area contributed by atoms with Gasteiger partial charge in [0.25, 0.3) is 11.5 Å². The van der Waals surface area contributed by atoms with Crippen molar-refractivity contribution in [1.82, 2.24) is 14.9 Å². The Balaban J connectivity index is 2.18. The average Bonchev–Trinajstić information content (AvgIpc) is 2.93. The number of esters is 1. The number of carbonyl (C=O) groups excluding carboxylic acids is 2. The molecule has 2 heterocycles. The van der Waals surface area contributed by atoms with E-state index in [0.29, 0.717) is 29.3 Å². The maximum absolute atomic E-state index is 12.4. The van der Waals surface area contributed by atoms with Gasteiger partial charge in [-0.3, -0.25) is 9.59 Å². The number of hydrogen-bond acceptors (Lipinski definition) is 6. The van der Waals surface area contributed by atoms with Gasteiger partial charge >= 0.3 is 5.97 Å². The van der Waals surface area contributed by atoms with Crippen molar-refractivity contribution < 1.29 is 18.7 Å². The second kappa shape index (κ2) is 7.12. The number of aromatic nitrogens is 2. The van der Waals surface area contributed by atoms with E-state index in [1.807, 2.05) is 6.92 Å². The Hall–Kier alpha value is -2.90. The summed E-state index contributed by atoms with van der Waals surface area (Å²) in [6.07, 6.45) is 1.84. The van der Waals surface area contributed by atoms with E-state index in [1.165, 1.54) is 31.3 Å². The van der Waals surface area contributed by atoms with Crippen LogP contribution < -0.4 is 5.56 Å². The number of hydrogen-bond donors (Lipinski definition) is 1. The summed E-state index contributed by atoms with van der Waals surface area (Å²) in [6.45, 7) is 3.59. The fourth-order valence-corrected chi connectivity index (χ4v) is 2.21. The molecule has 8 heteroatoms. The Bertz CT molecular complexity index is 821. The Morgan fingerprint density at radius 3 is 2.67 bits per heavy atom. The summed E-state index contributed by atoms with van der Waals surface area (Å²) in [5.74, 6) is 0.346. The van der Waals surface area contributed by atoms with Gasteiger partial charge in [-0.1, -0.05) is 6.92 Å². The second-order valence-electron chi connectivity index (χ2n) is 5.26. The summed E-state index contributed by atoms with van der Waals surface area (Å²) in [7, 11) is 2.81. The van der Waals surface area contributed by atoms with Crippen LogP contribution in [0.15, 0.2) is 21.5 Å². The summed E-state index contributed by atoms with van der Waals surface area (Å²) in [4.78, 5) is 43.8. The van der Waals surface area contributed by atoms with Crippen LogP contribution in [0.25, 0.3) is 0 Å². The van der Waals surface area contributed by atoms with Gasteiger partial charge in [0.05, 0.1) is 13.7 Å². The van der Waals surface area contributed by atoms with E-state index in [9.17, 15) is 14.4 Å². The average molecular weight is 333 g/mol. The predicted octanol–water partition coefficient (Wildman–Crippen LogP) is 1.29. The van der Waals surface area contributed by atoms with Crippen LogP contribution in [0.1, 0.15) is 45.0 Å². The monoisotopic (exact) mass is 333 g/mol. The van der Waals surface area contributed by atoms with E-state index < -0.39 is 17.4 Å². The van der Waals surface area contributed by atoms with Gasteiger partial charge in [-0.2, -0.15) is 0 Å². The Labute approximate surface area is 138 Å². The molecular formula is C16H19N3O5. The summed E-state index contributed by atoms with van der Waals surface area (Å²) in [5, 5.41) is 0. The summed E-state index contributed by atoms with van der Waals surface area (Å²) in [5.41, 5.74) is -0.226. The van der Waals surface area contributed by atoms with Crippen molar-refractivity contribution in [3.63, 3.8) is 0 Å². The van der Waals surface area contributed by atoms with Gasteiger partial charge in [-0.25, -0.2) is 9.78 Å². The van der Waals surface area contributed by atoms with Crippen molar-refractivity contribution in [2.24, 2.45) is 0 Å². The van der Waals surface area contributed by atoms with E-state index in [2.05, 4.69) is 14.7 Å². The van der Waals surface area contributed by atoms with Crippen molar-refractivity contribution in [3.05, 3.63) is 51.1 Å². The maximum Gasteiger partial charge on any atom is 0.341 e. The van der Waals surface area contributed by atoms with Crippen LogP contribution in [-0.4, -0.2) is 40.9 Å². The molecule has 2 aromatic rings. The number of H-pyrrole nitrogens is 1. The second-order valence-corrected chi connectivity index (χ2v) is 5.26. The van der Waals surface area contributed by atoms with Crippen LogP contribution in [0, 0.1) is 6.92 Å². The number of aryl methyl sites for hydroxylation is 2. The molecule has 0 bridgehead atoms. The molecule has 8 nitrogen and oxygen atoms in total. The van der Waals surface area contributed by atoms with Crippen molar-refractivity contribution in [2.45, 2.75) is 26.8 Å². The van der Waals surface area contributed by atoms with Gasteiger partial charge < -0.3 is 19.0 Å². The first-order valence-corrected chi connectivity index (χ1v) is 7.38.